The lowest BCUT2D eigenvalue weighted by atomic mass is 9.96. The third kappa shape index (κ3) is 32.0. The molecule has 17 unspecified atom stereocenters. The number of amides is 1. The Morgan fingerprint density at radius 1 is 0.407 bits per heavy atom. The Kier molecular flexibility index (Phi) is 45.6. The van der Waals surface area contributed by atoms with E-state index >= 15 is 0 Å². The first-order chi connectivity index (χ1) is 41.8. The number of carbonyl (C=O) groups excluding carboxylic acids is 1. The molecule has 0 bridgehead atoms. The molecule has 0 spiro atoms. The van der Waals surface area contributed by atoms with Crippen molar-refractivity contribution in [3.63, 3.8) is 0 Å². The molecule has 0 aromatic rings. The summed E-state index contributed by atoms with van der Waals surface area (Å²) in [6.07, 6.45) is 28.9. The van der Waals surface area contributed by atoms with Crippen LogP contribution in [-0.4, -0.2) is 193 Å². The molecule has 17 atom stereocenters. The third-order valence-electron chi connectivity index (χ3n) is 17.5. The first kappa shape index (κ1) is 78.5. The van der Waals surface area contributed by atoms with Gasteiger partial charge in [-0.05, 0) is 32.1 Å². The number of aliphatic hydroxyl groups excluding tert-OH is 11. The van der Waals surface area contributed by atoms with E-state index in [1.165, 1.54) is 193 Å². The number of carbonyl (C=O) groups is 1. The number of hydrogen-bond donors (Lipinski definition) is 12. The van der Waals surface area contributed by atoms with E-state index in [4.69, 9.17) is 28.4 Å². The van der Waals surface area contributed by atoms with Crippen molar-refractivity contribution in [1.82, 2.24) is 5.32 Å². The predicted molar refractivity (Wildman–Crippen MR) is 333 cm³/mol. The van der Waals surface area contributed by atoms with E-state index in [1.807, 2.05) is 6.08 Å². The maximum Gasteiger partial charge on any atom is 0.220 e. The number of rotatable bonds is 53. The number of hydrogen-bond acceptors (Lipinski definition) is 18. The molecule has 3 fully saturated rings. The van der Waals surface area contributed by atoms with Crippen LogP contribution in [0.1, 0.15) is 264 Å². The van der Waals surface area contributed by atoms with Crippen molar-refractivity contribution in [2.75, 3.05) is 26.4 Å². The van der Waals surface area contributed by atoms with E-state index in [9.17, 15) is 61.0 Å². The van der Waals surface area contributed by atoms with E-state index in [0.717, 1.165) is 38.5 Å². The zero-order valence-corrected chi connectivity index (χ0v) is 53.3. The second-order valence-corrected chi connectivity index (χ2v) is 25.0. The highest BCUT2D eigenvalue weighted by Gasteiger charge is 2.53. The molecule has 0 saturated carbocycles. The molecule has 0 aromatic carbocycles. The fraction of sp³-hybridized carbons (Fsp3) is 0.925. The zero-order chi connectivity index (χ0) is 62.6. The number of ether oxygens (including phenoxy) is 6. The Hall–Kier alpha value is -1.73. The van der Waals surface area contributed by atoms with Gasteiger partial charge in [-0.1, -0.05) is 250 Å². The first-order valence-corrected chi connectivity index (χ1v) is 34.6. The fourth-order valence-electron chi connectivity index (χ4n) is 11.9. The fourth-order valence-corrected chi connectivity index (χ4v) is 11.9. The summed E-state index contributed by atoms with van der Waals surface area (Å²) >= 11 is 0. The van der Waals surface area contributed by atoms with E-state index < -0.39 is 124 Å². The normalized spacial score (nSPS) is 28.9. The highest BCUT2D eigenvalue weighted by atomic mass is 16.8. The molecule has 12 N–H and O–H groups in total. The van der Waals surface area contributed by atoms with E-state index in [2.05, 4.69) is 31.3 Å². The molecule has 3 saturated heterocycles. The van der Waals surface area contributed by atoms with Crippen molar-refractivity contribution in [3.05, 3.63) is 24.3 Å². The highest BCUT2D eigenvalue weighted by molar-refractivity contribution is 5.76. The predicted octanol–water partition coefficient (Wildman–Crippen LogP) is 8.66. The molecule has 3 heterocycles. The molecule has 86 heavy (non-hydrogen) atoms. The summed E-state index contributed by atoms with van der Waals surface area (Å²) in [6.45, 7) is 1.73. The number of unbranched alkanes of at least 4 members (excludes halogenated alkanes) is 35. The SMILES string of the molecule is CCCCCCCCCCCCCCCCCCCCCCCC/C=C/CC/C=C/C(O)C(COC1OC(CO)C(OC2OC(CO)C(OC3OC(CO)C(O)C(O)C3O)C(O)C2O)C(O)C1O)NC(=O)CCCCCCCCCCCCCCC. The Balaban J connectivity index is 1.42. The molecule has 0 aromatic heterocycles. The van der Waals surface area contributed by atoms with Crippen LogP contribution in [-0.2, 0) is 33.2 Å². The van der Waals surface area contributed by atoms with E-state index in [-0.39, 0.29) is 18.9 Å². The van der Waals surface area contributed by atoms with Crippen LogP contribution in [0.3, 0.4) is 0 Å². The minimum atomic E-state index is -1.98. The van der Waals surface area contributed by atoms with Crippen LogP contribution in [0.4, 0.5) is 0 Å². The second-order valence-electron chi connectivity index (χ2n) is 25.0. The zero-order valence-electron chi connectivity index (χ0n) is 53.3. The van der Waals surface area contributed by atoms with Gasteiger partial charge in [-0.3, -0.25) is 4.79 Å². The van der Waals surface area contributed by atoms with Crippen molar-refractivity contribution >= 4 is 5.91 Å². The monoisotopic (exact) mass is 1230 g/mol. The maximum atomic E-state index is 13.3. The van der Waals surface area contributed by atoms with Gasteiger partial charge >= 0.3 is 0 Å². The summed E-state index contributed by atoms with van der Waals surface area (Å²) in [7, 11) is 0. The van der Waals surface area contributed by atoms with Gasteiger partial charge in [-0.15, -0.1) is 0 Å². The smallest absolute Gasteiger partial charge is 0.220 e. The molecule has 3 rings (SSSR count). The molecular formula is C67H125NO18. The van der Waals surface area contributed by atoms with Crippen LogP contribution in [0, 0.1) is 0 Å². The molecule has 0 aliphatic carbocycles. The molecule has 3 aliphatic heterocycles. The van der Waals surface area contributed by atoms with Crippen LogP contribution in [0.5, 0.6) is 0 Å². The average Bonchev–Trinajstić information content (AvgIpc) is 1.27. The summed E-state index contributed by atoms with van der Waals surface area (Å²) < 4.78 is 34.3. The third-order valence-corrected chi connectivity index (χ3v) is 17.5. The summed E-state index contributed by atoms with van der Waals surface area (Å²) in [5.41, 5.74) is 0. The van der Waals surface area contributed by atoms with Gasteiger partial charge in [-0.25, -0.2) is 0 Å². The van der Waals surface area contributed by atoms with E-state index in [0.29, 0.717) is 12.8 Å². The summed E-state index contributed by atoms with van der Waals surface area (Å²) in [5, 5.41) is 120. The summed E-state index contributed by atoms with van der Waals surface area (Å²) in [4.78, 5) is 13.3. The Labute approximate surface area is 518 Å². The van der Waals surface area contributed by atoms with E-state index in [1.54, 1.807) is 6.08 Å². The second kappa shape index (κ2) is 49.9. The first-order valence-electron chi connectivity index (χ1n) is 34.6. The van der Waals surface area contributed by atoms with Crippen molar-refractivity contribution in [2.24, 2.45) is 0 Å². The van der Waals surface area contributed by atoms with Crippen LogP contribution < -0.4 is 5.32 Å². The number of nitrogens with one attached hydrogen (secondary N) is 1. The van der Waals surface area contributed by atoms with Gasteiger partial charge in [-0.2, -0.15) is 0 Å². The van der Waals surface area contributed by atoms with Crippen molar-refractivity contribution in [1.29, 1.82) is 0 Å². The quantitative estimate of drug-likeness (QED) is 0.0200. The van der Waals surface area contributed by atoms with Gasteiger partial charge in [0.15, 0.2) is 18.9 Å². The lowest BCUT2D eigenvalue weighted by molar-refractivity contribution is -0.379. The van der Waals surface area contributed by atoms with Gasteiger partial charge in [0.05, 0.1) is 38.6 Å². The molecule has 19 nitrogen and oxygen atoms in total. The largest absolute Gasteiger partial charge is 0.394 e. The molecule has 1 amide bonds. The maximum absolute atomic E-state index is 13.3. The van der Waals surface area contributed by atoms with Crippen molar-refractivity contribution in [2.45, 2.75) is 369 Å². The highest BCUT2D eigenvalue weighted by Crippen LogP contribution is 2.33. The molecule has 506 valence electrons. The standard InChI is InChI=1S/C67H125NO18/c1-3-5-7-9-11-13-15-17-18-19-20-21-22-23-24-25-26-27-28-29-30-31-33-34-36-38-40-42-44-51(72)50(68-55(73)45-43-41-39-37-35-32-16-14-12-10-8-6-4-2)49-81-65-61(79)58(76)63(53(47-70)83-65)86-67-62(80)59(77)64(54(48-71)84-67)85-66-60(78)57(75)56(74)52(46-69)82-66/h34,36,42,44,50-54,56-67,69-72,74-80H,3-33,35,37-41,43,45-49H2,1-2H3,(H,68,73)/b36-34+,44-42+. The number of aliphatic hydroxyl groups is 11. The van der Waals surface area contributed by atoms with Crippen molar-refractivity contribution < 1.29 is 89.4 Å². The molecule has 0 radical (unpaired) electrons. The summed E-state index contributed by atoms with van der Waals surface area (Å²) in [6, 6.07) is -0.986. The van der Waals surface area contributed by atoms with Gasteiger partial charge in [0.2, 0.25) is 5.91 Å². The van der Waals surface area contributed by atoms with Crippen molar-refractivity contribution in [3.8, 4) is 0 Å². The number of allylic oxidation sites excluding steroid dienone is 3. The van der Waals surface area contributed by atoms with Gasteiger partial charge in [0.1, 0.15) is 73.2 Å². The molecule has 19 heteroatoms. The topological polar surface area (TPSA) is 307 Å². The van der Waals surface area contributed by atoms with Crippen LogP contribution in [0.25, 0.3) is 0 Å². The van der Waals surface area contributed by atoms with Gasteiger partial charge in [0.25, 0.3) is 0 Å². The van der Waals surface area contributed by atoms with Crippen LogP contribution in [0.15, 0.2) is 24.3 Å². The lowest BCUT2D eigenvalue weighted by Gasteiger charge is -2.48. The Morgan fingerprint density at radius 3 is 1.16 bits per heavy atom. The van der Waals surface area contributed by atoms with Crippen LogP contribution >= 0.6 is 0 Å². The molecule has 3 aliphatic rings. The Bertz CT molecular complexity index is 1660. The van der Waals surface area contributed by atoms with Crippen LogP contribution in [0.2, 0.25) is 0 Å². The minimum absolute atomic E-state index is 0.240. The van der Waals surface area contributed by atoms with Gasteiger partial charge in [0, 0.05) is 6.42 Å². The minimum Gasteiger partial charge on any atom is -0.394 e. The average molecular weight is 1230 g/mol. The lowest BCUT2D eigenvalue weighted by Crippen LogP contribution is -2.66. The molecular weight excluding hydrogens is 1110 g/mol. The Morgan fingerprint density at radius 2 is 0.744 bits per heavy atom. The summed E-state index contributed by atoms with van der Waals surface area (Å²) in [5.74, 6) is -0.283. The van der Waals surface area contributed by atoms with Gasteiger partial charge < -0.3 is 89.9 Å².